The summed E-state index contributed by atoms with van der Waals surface area (Å²) in [6, 6.07) is 4.54. The summed E-state index contributed by atoms with van der Waals surface area (Å²) in [7, 11) is -0.434. The molecule has 0 atom stereocenters. The topological polar surface area (TPSA) is 92.6 Å². The minimum Gasteiger partial charge on any atom is -0.378 e. The van der Waals surface area contributed by atoms with Crippen molar-refractivity contribution in [1.82, 2.24) is 4.31 Å². The quantitative estimate of drug-likeness (QED) is 0.621. The van der Waals surface area contributed by atoms with Crippen LogP contribution in [0.25, 0.3) is 0 Å². The molecule has 106 valence electrons. The van der Waals surface area contributed by atoms with Crippen molar-refractivity contribution < 1.29 is 13.3 Å². The van der Waals surface area contributed by atoms with E-state index in [1.165, 1.54) is 26.2 Å². The van der Waals surface area contributed by atoms with Crippen molar-refractivity contribution in [3.05, 3.63) is 32.8 Å². The fourth-order valence-electron chi connectivity index (χ4n) is 1.30. The number of sulfonamides is 1. The van der Waals surface area contributed by atoms with Crippen LogP contribution in [0.5, 0.6) is 0 Å². The first-order valence-corrected chi connectivity index (χ1v) is 7.72. The maximum Gasteiger partial charge on any atom is 0.293 e. The van der Waals surface area contributed by atoms with Crippen LogP contribution in [0.15, 0.2) is 22.7 Å². The Balaban J connectivity index is 2.77. The third-order valence-corrected chi connectivity index (χ3v) is 4.71. The zero-order valence-electron chi connectivity index (χ0n) is 10.5. The van der Waals surface area contributed by atoms with Crippen LogP contribution in [0, 0.1) is 10.1 Å². The van der Waals surface area contributed by atoms with Gasteiger partial charge in [-0.1, -0.05) is 15.9 Å². The molecule has 0 heterocycles. The third kappa shape index (κ3) is 4.44. The van der Waals surface area contributed by atoms with E-state index < -0.39 is 14.9 Å². The van der Waals surface area contributed by atoms with Gasteiger partial charge in [-0.2, -0.15) is 0 Å². The van der Waals surface area contributed by atoms with Gasteiger partial charge in [-0.3, -0.25) is 10.1 Å². The molecule has 0 aliphatic carbocycles. The Kier molecular flexibility index (Phi) is 5.27. The summed E-state index contributed by atoms with van der Waals surface area (Å²) in [4.78, 5) is 10.3. The molecule has 1 aromatic carbocycles. The largest absolute Gasteiger partial charge is 0.378 e. The lowest BCUT2D eigenvalue weighted by atomic mass is 10.2. The summed E-state index contributed by atoms with van der Waals surface area (Å²) in [6.45, 7) is 0.100. The number of nitro groups is 1. The highest BCUT2D eigenvalue weighted by Crippen LogP contribution is 2.27. The van der Waals surface area contributed by atoms with Gasteiger partial charge in [0.1, 0.15) is 5.69 Å². The zero-order valence-corrected chi connectivity index (χ0v) is 12.9. The first kappa shape index (κ1) is 15.9. The van der Waals surface area contributed by atoms with Crippen molar-refractivity contribution in [2.24, 2.45) is 0 Å². The molecule has 7 nitrogen and oxygen atoms in total. The van der Waals surface area contributed by atoms with E-state index in [1.54, 1.807) is 6.07 Å². The fourth-order valence-corrected chi connectivity index (χ4v) is 2.38. The number of anilines is 1. The van der Waals surface area contributed by atoms with Crippen molar-refractivity contribution >= 4 is 37.3 Å². The minimum atomic E-state index is -3.32. The Morgan fingerprint density at radius 2 is 2.05 bits per heavy atom. The van der Waals surface area contributed by atoms with Gasteiger partial charge in [0.2, 0.25) is 10.0 Å². The van der Waals surface area contributed by atoms with Gasteiger partial charge < -0.3 is 5.32 Å². The lowest BCUT2D eigenvalue weighted by Crippen LogP contribution is -2.28. The number of nitro benzene ring substituents is 1. The zero-order chi connectivity index (χ0) is 14.6. The average molecular weight is 352 g/mol. The summed E-state index contributed by atoms with van der Waals surface area (Å²) >= 11 is 3.15. The van der Waals surface area contributed by atoms with Gasteiger partial charge in [-0.15, -0.1) is 0 Å². The van der Waals surface area contributed by atoms with Crippen LogP contribution in [-0.4, -0.2) is 44.0 Å². The highest BCUT2D eigenvalue weighted by molar-refractivity contribution is 9.10. The molecule has 0 aliphatic rings. The molecule has 1 aromatic rings. The maximum absolute atomic E-state index is 11.5. The smallest absolute Gasteiger partial charge is 0.293 e. The molecule has 0 saturated heterocycles. The number of hydrogen-bond donors (Lipinski definition) is 1. The molecule has 0 bridgehead atoms. The predicted molar refractivity (Wildman–Crippen MR) is 76.8 cm³/mol. The first-order valence-electron chi connectivity index (χ1n) is 5.32. The molecule has 0 amide bonds. The Hall–Kier alpha value is -1.19. The van der Waals surface area contributed by atoms with Gasteiger partial charge in [0.15, 0.2) is 0 Å². The molecule has 0 spiro atoms. The summed E-state index contributed by atoms with van der Waals surface area (Å²) in [5, 5.41) is 13.6. The van der Waals surface area contributed by atoms with Crippen molar-refractivity contribution in [2.45, 2.75) is 0 Å². The normalized spacial score (nSPS) is 11.6. The second-order valence-electron chi connectivity index (χ2n) is 3.94. The second-order valence-corrected chi connectivity index (χ2v) is 7.16. The molecule has 1 N–H and O–H groups in total. The minimum absolute atomic E-state index is 0.100. The van der Waals surface area contributed by atoms with Crippen LogP contribution in [-0.2, 0) is 10.0 Å². The fraction of sp³-hybridized carbons (Fsp3) is 0.400. The van der Waals surface area contributed by atoms with Crippen LogP contribution in [0.2, 0.25) is 0 Å². The highest BCUT2D eigenvalue weighted by Gasteiger charge is 2.16. The van der Waals surface area contributed by atoms with Crippen molar-refractivity contribution in [3.63, 3.8) is 0 Å². The van der Waals surface area contributed by atoms with Gasteiger partial charge in [-0.05, 0) is 12.1 Å². The number of halogens is 1. The van der Waals surface area contributed by atoms with Crippen molar-refractivity contribution in [1.29, 1.82) is 0 Å². The summed E-state index contributed by atoms with van der Waals surface area (Å²) in [6.07, 6.45) is 0. The number of hydrogen-bond acceptors (Lipinski definition) is 5. The van der Waals surface area contributed by atoms with Gasteiger partial charge in [0.25, 0.3) is 5.69 Å². The monoisotopic (exact) mass is 351 g/mol. The lowest BCUT2D eigenvalue weighted by molar-refractivity contribution is -0.384. The summed E-state index contributed by atoms with van der Waals surface area (Å²) < 4.78 is 24.8. The van der Waals surface area contributed by atoms with Gasteiger partial charge in [0, 0.05) is 31.2 Å². The molecule has 0 radical (unpaired) electrons. The highest BCUT2D eigenvalue weighted by atomic mass is 79.9. The van der Waals surface area contributed by atoms with Crippen molar-refractivity contribution in [3.8, 4) is 0 Å². The van der Waals surface area contributed by atoms with E-state index in [9.17, 15) is 18.5 Å². The molecule has 0 unspecified atom stereocenters. The van der Waals surface area contributed by atoms with Crippen LogP contribution in [0.1, 0.15) is 0 Å². The third-order valence-electron chi connectivity index (χ3n) is 2.39. The number of benzene rings is 1. The molecule has 1 rings (SSSR count). The van der Waals surface area contributed by atoms with Crippen molar-refractivity contribution in [2.75, 3.05) is 31.7 Å². The molecule has 0 saturated carbocycles. The molecule has 0 fully saturated rings. The van der Waals surface area contributed by atoms with Gasteiger partial charge >= 0.3 is 0 Å². The van der Waals surface area contributed by atoms with E-state index in [0.29, 0.717) is 10.2 Å². The molecular weight excluding hydrogens is 338 g/mol. The van der Waals surface area contributed by atoms with Crippen LogP contribution >= 0.6 is 15.9 Å². The van der Waals surface area contributed by atoms with E-state index in [0.717, 1.165) is 4.31 Å². The number of nitrogens with one attached hydrogen (secondary N) is 1. The van der Waals surface area contributed by atoms with E-state index in [-0.39, 0.29) is 18.0 Å². The average Bonchev–Trinajstić information content (AvgIpc) is 2.30. The van der Waals surface area contributed by atoms with Crippen LogP contribution < -0.4 is 5.32 Å². The molecular formula is C10H14BrN3O4S. The van der Waals surface area contributed by atoms with E-state index in [1.807, 2.05) is 0 Å². The number of rotatable bonds is 6. The maximum atomic E-state index is 11.5. The SMILES string of the molecule is CN(C)S(=O)(=O)CCNc1ccc(Br)cc1[N+](=O)[O-]. The van der Waals surface area contributed by atoms with Crippen LogP contribution in [0.3, 0.4) is 0 Å². The summed E-state index contributed by atoms with van der Waals surface area (Å²) in [5.74, 6) is -0.132. The molecule has 19 heavy (non-hydrogen) atoms. The van der Waals surface area contributed by atoms with E-state index in [2.05, 4.69) is 21.2 Å². The lowest BCUT2D eigenvalue weighted by Gasteiger charge is -2.12. The van der Waals surface area contributed by atoms with Crippen LogP contribution in [0.4, 0.5) is 11.4 Å². The molecule has 0 aliphatic heterocycles. The van der Waals surface area contributed by atoms with Gasteiger partial charge in [0.05, 0.1) is 10.7 Å². The van der Waals surface area contributed by atoms with E-state index >= 15 is 0 Å². The van der Waals surface area contributed by atoms with Gasteiger partial charge in [-0.25, -0.2) is 12.7 Å². The standard InChI is InChI=1S/C10H14BrN3O4S/c1-13(2)19(17,18)6-5-12-9-4-3-8(11)7-10(9)14(15)16/h3-4,7,12H,5-6H2,1-2H3. The molecule has 9 heteroatoms. The summed E-state index contributed by atoms with van der Waals surface area (Å²) in [5.41, 5.74) is 0.193. The van der Waals surface area contributed by atoms with E-state index in [4.69, 9.17) is 0 Å². The Morgan fingerprint density at radius 3 is 2.58 bits per heavy atom. The Bertz CT molecular complexity index is 574. The number of nitrogens with zero attached hydrogens (tertiary/aromatic N) is 2. The first-order chi connectivity index (χ1) is 8.74. The Morgan fingerprint density at radius 1 is 1.42 bits per heavy atom. The predicted octanol–water partition coefficient (Wildman–Crippen LogP) is 1.66. The molecule has 0 aromatic heterocycles. The Labute approximate surface area is 119 Å². The second kappa shape index (κ2) is 6.31.